The molecule has 0 saturated carbocycles. The van der Waals surface area contributed by atoms with Gasteiger partial charge in [0.05, 0.1) is 0 Å². The zero-order chi connectivity index (χ0) is 17.9. The van der Waals surface area contributed by atoms with Crippen LogP contribution in [0.25, 0.3) is 0 Å². The summed E-state index contributed by atoms with van der Waals surface area (Å²) in [5.74, 6) is -0.530. The van der Waals surface area contributed by atoms with E-state index in [1.807, 2.05) is 24.3 Å². The van der Waals surface area contributed by atoms with Crippen molar-refractivity contribution >= 4 is 29.1 Å². The first-order chi connectivity index (χ1) is 11.5. The molecule has 0 aliphatic carbocycles. The van der Waals surface area contributed by atoms with Crippen molar-refractivity contribution in [2.75, 3.05) is 17.7 Å². The Morgan fingerprint density at radius 3 is 2.25 bits per heavy atom. The van der Waals surface area contributed by atoms with Gasteiger partial charge in [-0.15, -0.1) is 11.6 Å². The lowest BCUT2D eigenvalue weighted by Gasteiger charge is -2.19. The summed E-state index contributed by atoms with van der Waals surface area (Å²) in [5, 5.41) is 5.69. The van der Waals surface area contributed by atoms with E-state index >= 15 is 0 Å². The number of carbonyl (C=O) groups is 2. The summed E-state index contributed by atoms with van der Waals surface area (Å²) in [4.78, 5) is 24.4. The molecule has 0 aliphatic heterocycles. The van der Waals surface area contributed by atoms with Crippen LogP contribution in [-0.2, 0) is 16.0 Å². The van der Waals surface area contributed by atoms with Crippen molar-refractivity contribution in [2.24, 2.45) is 11.8 Å². The summed E-state index contributed by atoms with van der Waals surface area (Å²) in [6, 6.07) is 7.91. The van der Waals surface area contributed by atoms with Crippen molar-refractivity contribution in [2.45, 2.75) is 46.5 Å². The highest BCUT2D eigenvalue weighted by Crippen LogP contribution is 2.16. The third-order valence-corrected chi connectivity index (χ3v) is 4.49. The fourth-order valence-corrected chi connectivity index (χ4v) is 2.42. The van der Waals surface area contributed by atoms with Crippen LogP contribution in [0, 0.1) is 11.8 Å². The Bertz CT molecular complexity index is 517. The average molecular weight is 353 g/mol. The number of nitrogens with one attached hydrogen (secondary N) is 2. The minimum atomic E-state index is -0.402. The Labute approximate surface area is 150 Å². The van der Waals surface area contributed by atoms with Crippen LogP contribution in [0.1, 0.15) is 45.6 Å². The molecule has 2 atom stereocenters. The summed E-state index contributed by atoms with van der Waals surface area (Å²) < 4.78 is 0. The minimum Gasteiger partial charge on any atom is -0.356 e. The average Bonchev–Trinajstić information content (AvgIpc) is 2.59. The molecule has 2 amide bonds. The zero-order valence-electron chi connectivity index (χ0n) is 14.9. The number of carbonyl (C=O) groups excluding carboxylic acids is 2. The van der Waals surface area contributed by atoms with Crippen LogP contribution in [-0.4, -0.2) is 24.2 Å². The molecule has 134 valence electrons. The second-order valence-electron chi connectivity index (χ2n) is 6.20. The molecule has 5 heteroatoms. The SMILES string of the molecule is CCCCc1ccc(NC(=O)[C@H](C)[C@@H](C)C(=O)NCCCCl)cc1. The van der Waals surface area contributed by atoms with Crippen molar-refractivity contribution < 1.29 is 9.59 Å². The maximum Gasteiger partial charge on any atom is 0.227 e. The second-order valence-corrected chi connectivity index (χ2v) is 6.58. The Balaban J connectivity index is 2.51. The first kappa shape index (κ1) is 20.5. The minimum absolute atomic E-state index is 0.113. The quantitative estimate of drug-likeness (QED) is 0.494. The normalized spacial score (nSPS) is 13.2. The number of anilines is 1. The Hall–Kier alpha value is -1.55. The number of hydrogen-bond acceptors (Lipinski definition) is 2. The van der Waals surface area contributed by atoms with Gasteiger partial charge in [0.15, 0.2) is 0 Å². The summed E-state index contributed by atoms with van der Waals surface area (Å²) in [6.07, 6.45) is 4.12. The van der Waals surface area contributed by atoms with Crippen LogP contribution in [0.15, 0.2) is 24.3 Å². The molecule has 0 fully saturated rings. The smallest absolute Gasteiger partial charge is 0.227 e. The summed E-state index contributed by atoms with van der Waals surface area (Å²) in [6.45, 7) is 6.26. The third kappa shape index (κ3) is 6.91. The van der Waals surface area contributed by atoms with Gasteiger partial charge in [-0.2, -0.15) is 0 Å². The Morgan fingerprint density at radius 2 is 1.67 bits per heavy atom. The number of benzene rings is 1. The molecule has 0 saturated heterocycles. The van der Waals surface area contributed by atoms with Crippen molar-refractivity contribution in [1.29, 1.82) is 0 Å². The Kier molecular flexibility index (Phi) is 9.46. The number of alkyl halides is 1. The van der Waals surface area contributed by atoms with Crippen molar-refractivity contribution in [3.8, 4) is 0 Å². The number of amides is 2. The number of halogens is 1. The van der Waals surface area contributed by atoms with Crippen molar-refractivity contribution in [1.82, 2.24) is 5.32 Å². The largest absolute Gasteiger partial charge is 0.356 e. The Morgan fingerprint density at radius 1 is 1.04 bits per heavy atom. The molecule has 0 aliphatic rings. The highest BCUT2D eigenvalue weighted by atomic mass is 35.5. The van der Waals surface area contributed by atoms with Crippen LogP contribution in [0.3, 0.4) is 0 Å². The van der Waals surface area contributed by atoms with Gasteiger partial charge in [-0.05, 0) is 37.0 Å². The van der Waals surface area contributed by atoms with Gasteiger partial charge < -0.3 is 10.6 Å². The maximum atomic E-state index is 12.3. The molecule has 1 aromatic rings. The van der Waals surface area contributed by atoms with Gasteiger partial charge in [-0.1, -0.05) is 39.3 Å². The van der Waals surface area contributed by atoms with Gasteiger partial charge in [-0.25, -0.2) is 0 Å². The van der Waals surface area contributed by atoms with E-state index in [1.165, 1.54) is 18.4 Å². The summed E-state index contributed by atoms with van der Waals surface area (Å²) in [5.41, 5.74) is 2.04. The van der Waals surface area contributed by atoms with Gasteiger partial charge in [0, 0.05) is 29.9 Å². The van der Waals surface area contributed by atoms with Crippen LogP contribution in [0.2, 0.25) is 0 Å². The van der Waals surface area contributed by atoms with Crippen LogP contribution >= 0.6 is 11.6 Å². The number of hydrogen-bond donors (Lipinski definition) is 2. The van der Waals surface area contributed by atoms with E-state index in [-0.39, 0.29) is 17.7 Å². The number of rotatable bonds is 10. The molecule has 0 bridgehead atoms. The number of unbranched alkanes of at least 4 members (excludes halogenated alkanes) is 1. The first-order valence-electron chi connectivity index (χ1n) is 8.73. The van der Waals surface area contributed by atoms with Gasteiger partial charge in [0.2, 0.25) is 11.8 Å². The van der Waals surface area contributed by atoms with Crippen LogP contribution in [0.4, 0.5) is 5.69 Å². The van der Waals surface area contributed by atoms with Crippen molar-refractivity contribution in [3.63, 3.8) is 0 Å². The van der Waals surface area contributed by atoms with E-state index < -0.39 is 5.92 Å². The fraction of sp³-hybridized carbons (Fsp3) is 0.579. The zero-order valence-corrected chi connectivity index (χ0v) is 15.7. The standard InChI is InChI=1S/C19H29ClN2O2/c1-4-5-7-16-8-10-17(11-9-16)22-19(24)15(3)14(2)18(23)21-13-6-12-20/h8-11,14-15H,4-7,12-13H2,1-3H3,(H,21,23)(H,22,24)/t14-,15-/m1/s1. The van der Waals surface area contributed by atoms with Gasteiger partial charge in [0.1, 0.15) is 0 Å². The number of aryl methyl sites for hydroxylation is 1. The highest BCUT2D eigenvalue weighted by Gasteiger charge is 2.25. The molecule has 0 radical (unpaired) electrons. The molecular formula is C19H29ClN2O2. The molecule has 0 unspecified atom stereocenters. The molecule has 4 nitrogen and oxygen atoms in total. The first-order valence-corrected chi connectivity index (χ1v) is 9.26. The third-order valence-electron chi connectivity index (χ3n) is 4.23. The molecule has 0 heterocycles. The summed E-state index contributed by atoms with van der Waals surface area (Å²) in [7, 11) is 0. The van der Waals surface area contributed by atoms with E-state index in [0.717, 1.165) is 18.5 Å². The monoisotopic (exact) mass is 352 g/mol. The topological polar surface area (TPSA) is 58.2 Å². The lowest BCUT2D eigenvalue weighted by atomic mass is 9.94. The predicted molar refractivity (Wildman–Crippen MR) is 100 cm³/mol. The van der Waals surface area contributed by atoms with Crippen LogP contribution in [0.5, 0.6) is 0 Å². The van der Waals surface area contributed by atoms with Gasteiger partial charge in [0.25, 0.3) is 0 Å². The molecule has 0 spiro atoms. The van der Waals surface area contributed by atoms with Gasteiger partial charge in [-0.3, -0.25) is 9.59 Å². The second kappa shape index (κ2) is 11.1. The molecular weight excluding hydrogens is 324 g/mol. The fourth-order valence-electron chi connectivity index (χ4n) is 2.29. The molecule has 2 N–H and O–H groups in total. The van der Waals surface area contributed by atoms with E-state index in [9.17, 15) is 9.59 Å². The molecule has 0 aromatic heterocycles. The lowest BCUT2D eigenvalue weighted by molar-refractivity contribution is -0.131. The van der Waals surface area contributed by atoms with Crippen LogP contribution < -0.4 is 10.6 Å². The molecule has 1 rings (SSSR count). The predicted octanol–water partition coefficient (Wildman–Crippen LogP) is 3.99. The maximum absolute atomic E-state index is 12.3. The lowest BCUT2D eigenvalue weighted by Crippen LogP contribution is -2.37. The molecule has 1 aromatic carbocycles. The van der Waals surface area contributed by atoms with Gasteiger partial charge >= 0.3 is 0 Å². The van der Waals surface area contributed by atoms with Crippen molar-refractivity contribution in [3.05, 3.63) is 29.8 Å². The van der Waals surface area contributed by atoms with E-state index in [0.29, 0.717) is 12.4 Å². The van der Waals surface area contributed by atoms with E-state index in [1.54, 1.807) is 13.8 Å². The van der Waals surface area contributed by atoms with E-state index in [4.69, 9.17) is 11.6 Å². The molecule has 24 heavy (non-hydrogen) atoms. The summed E-state index contributed by atoms with van der Waals surface area (Å²) >= 11 is 5.59. The van der Waals surface area contributed by atoms with E-state index in [2.05, 4.69) is 17.6 Å². The highest BCUT2D eigenvalue weighted by molar-refractivity contribution is 6.17.